The maximum atomic E-state index is 12.4. The molecule has 2 aromatic carbocycles. The zero-order chi connectivity index (χ0) is 19.8. The average molecular weight is 385 g/mol. The minimum absolute atomic E-state index is 0.0410. The fraction of sp³-hybridized carbons (Fsp3) is 0.381. The first kappa shape index (κ1) is 19.8. The molecule has 1 amide bonds. The van der Waals surface area contributed by atoms with Crippen LogP contribution < -0.4 is 25.0 Å². The summed E-state index contributed by atoms with van der Waals surface area (Å²) in [5, 5.41) is 6.27. The van der Waals surface area contributed by atoms with Crippen LogP contribution in [0.5, 0.6) is 11.5 Å². The average Bonchev–Trinajstić information content (AvgIpc) is 2.75. The largest absolute Gasteiger partial charge is 0.497 e. The van der Waals surface area contributed by atoms with E-state index in [0.717, 1.165) is 35.9 Å². The fourth-order valence-electron chi connectivity index (χ4n) is 3.13. The van der Waals surface area contributed by atoms with Gasteiger partial charge in [0.2, 0.25) is 5.91 Å². The Hall–Kier alpha value is -2.93. The van der Waals surface area contributed by atoms with E-state index in [1.54, 1.807) is 20.3 Å². The highest BCUT2D eigenvalue weighted by molar-refractivity contribution is 5.94. The number of nitrogens with one attached hydrogen (secondary N) is 2. The zero-order valence-electron chi connectivity index (χ0n) is 16.4. The number of carbonyl (C=O) groups is 1. The molecular weight excluding hydrogens is 358 g/mol. The minimum atomic E-state index is -0.0410. The second-order valence-electron chi connectivity index (χ2n) is 6.41. The van der Waals surface area contributed by atoms with Gasteiger partial charge >= 0.3 is 0 Å². The second-order valence-corrected chi connectivity index (χ2v) is 6.41. The molecule has 28 heavy (non-hydrogen) atoms. The number of para-hydroxylation sites is 2. The Bertz CT molecular complexity index is 791. The number of nitrogens with zero attached hydrogens (tertiary/aromatic N) is 1. The van der Waals surface area contributed by atoms with Crippen molar-refractivity contribution in [3.63, 3.8) is 0 Å². The van der Waals surface area contributed by atoms with Crippen LogP contribution in [-0.4, -0.2) is 53.0 Å². The van der Waals surface area contributed by atoms with Gasteiger partial charge in [-0.15, -0.1) is 0 Å². The number of anilines is 3. The second kappa shape index (κ2) is 9.85. The van der Waals surface area contributed by atoms with Gasteiger partial charge in [-0.1, -0.05) is 12.1 Å². The summed E-state index contributed by atoms with van der Waals surface area (Å²) in [4.78, 5) is 14.7. The van der Waals surface area contributed by atoms with Crippen molar-refractivity contribution in [2.24, 2.45) is 0 Å². The molecule has 0 radical (unpaired) electrons. The van der Waals surface area contributed by atoms with Gasteiger partial charge in [-0.2, -0.15) is 0 Å². The van der Waals surface area contributed by atoms with Crippen LogP contribution in [0.25, 0.3) is 0 Å². The molecule has 1 aliphatic rings. The van der Waals surface area contributed by atoms with Crippen LogP contribution in [0.1, 0.15) is 6.42 Å². The van der Waals surface area contributed by atoms with Crippen LogP contribution in [0.4, 0.5) is 17.1 Å². The summed E-state index contributed by atoms with van der Waals surface area (Å²) in [6, 6.07) is 13.4. The molecule has 1 aliphatic heterocycles. The maximum absolute atomic E-state index is 12.4. The van der Waals surface area contributed by atoms with Gasteiger partial charge in [0, 0.05) is 32.1 Å². The summed E-state index contributed by atoms with van der Waals surface area (Å²) in [6.07, 6.45) is 0.340. The summed E-state index contributed by atoms with van der Waals surface area (Å²) < 4.78 is 16.0. The standard InChI is InChI=1S/C21H27N3O4/c1-26-16-7-8-18(20(15-16)27-2)22-10-9-21(25)23-17-5-3-4-6-19(17)24-11-13-28-14-12-24/h3-8,15,22H,9-14H2,1-2H3,(H,23,25). The first-order chi connectivity index (χ1) is 13.7. The number of rotatable bonds is 8. The van der Waals surface area contributed by atoms with Crippen molar-refractivity contribution in [2.75, 3.05) is 62.6 Å². The van der Waals surface area contributed by atoms with Gasteiger partial charge in [0.15, 0.2) is 0 Å². The molecule has 3 rings (SSSR count). The Morgan fingerprint density at radius 3 is 2.61 bits per heavy atom. The molecule has 0 bridgehead atoms. The normalized spacial score (nSPS) is 13.7. The molecule has 1 heterocycles. The van der Waals surface area contributed by atoms with Crippen LogP contribution in [0, 0.1) is 0 Å². The van der Waals surface area contributed by atoms with Crippen LogP contribution in [0.2, 0.25) is 0 Å². The first-order valence-corrected chi connectivity index (χ1v) is 9.38. The maximum Gasteiger partial charge on any atom is 0.226 e. The smallest absolute Gasteiger partial charge is 0.226 e. The van der Waals surface area contributed by atoms with Crippen LogP contribution >= 0.6 is 0 Å². The molecule has 0 aromatic heterocycles. The zero-order valence-corrected chi connectivity index (χ0v) is 16.4. The third-order valence-electron chi connectivity index (χ3n) is 4.61. The fourth-order valence-corrected chi connectivity index (χ4v) is 3.13. The van der Waals surface area contributed by atoms with Crippen molar-refractivity contribution >= 4 is 23.0 Å². The van der Waals surface area contributed by atoms with Gasteiger partial charge in [-0.05, 0) is 24.3 Å². The molecule has 7 nitrogen and oxygen atoms in total. The predicted molar refractivity (Wildman–Crippen MR) is 111 cm³/mol. The number of ether oxygens (including phenoxy) is 3. The quantitative estimate of drug-likeness (QED) is 0.728. The van der Waals surface area contributed by atoms with E-state index < -0.39 is 0 Å². The number of amides is 1. The van der Waals surface area contributed by atoms with Gasteiger partial charge in [-0.3, -0.25) is 4.79 Å². The Labute approximate surface area is 165 Å². The summed E-state index contributed by atoms with van der Waals surface area (Å²) in [7, 11) is 3.22. The monoisotopic (exact) mass is 385 g/mol. The van der Waals surface area contributed by atoms with Gasteiger partial charge in [0.1, 0.15) is 11.5 Å². The van der Waals surface area contributed by atoms with Crippen molar-refractivity contribution in [1.82, 2.24) is 0 Å². The number of methoxy groups -OCH3 is 2. The highest BCUT2D eigenvalue weighted by Gasteiger charge is 2.15. The minimum Gasteiger partial charge on any atom is -0.497 e. The Morgan fingerprint density at radius 1 is 1.07 bits per heavy atom. The summed E-state index contributed by atoms with van der Waals surface area (Å²) in [5.41, 5.74) is 2.69. The Balaban J connectivity index is 1.55. The lowest BCUT2D eigenvalue weighted by atomic mass is 10.2. The lowest BCUT2D eigenvalue weighted by molar-refractivity contribution is -0.115. The van der Waals surface area contributed by atoms with E-state index >= 15 is 0 Å². The van der Waals surface area contributed by atoms with Crippen LogP contribution in [-0.2, 0) is 9.53 Å². The molecule has 0 spiro atoms. The van der Waals surface area contributed by atoms with E-state index in [1.165, 1.54) is 0 Å². The van der Waals surface area contributed by atoms with Gasteiger partial charge in [0.05, 0.1) is 44.5 Å². The SMILES string of the molecule is COc1ccc(NCCC(=O)Nc2ccccc2N2CCOCC2)c(OC)c1. The van der Waals surface area contributed by atoms with E-state index in [-0.39, 0.29) is 5.91 Å². The third-order valence-corrected chi connectivity index (χ3v) is 4.61. The third kappa shape index (κ3) is 5.07. The van der Waals surface area contributed by atoms with E-state index in [0.29, 0.717) is 31.9 Å². The van der Waals surface area contributed by atoms with E-state index in [2.05, 4.69) is 15.5 Å². The van der Waals surface area contributed by atoms with E-state index in [9.17, 15) is 4.79 Å². The molecular formula is C21H27N3O4. The molecule has 0 atom stereocenters. The molecule has 1 fully saturated rings. The predicted octanol–water partition coefficient (Wildman–Crippen LogP) is 2.98. The highest BCUT2D eigenvalue weighted by atomic mass is 16.5. The lowest BCUT2D eigenvalue weighted by Crippen LogP contribution is -2.36. The summed E-state index contributed by atoms with van der Waals surface area (Å²) in [6.45, 7) is 3.55. The number of hydrogen-bond acceptors (Lipinski definition) is 6. The van der Waals surface area contributed by atoms with E-state index in [4.69, 9.17) is 14.2 Å². The van der Waals surface area contributed by atoms with Crippen LogP contribution in [0.15, 0.2) is 42.5 Å². The van der Waals surface area contributed by atoms with Crippen molar-refractivity contribution < 1.29 is 19.0 Å². The number of carbonyl (C=O) groups excluding carboxylic acids is 1. The summed E-state index contributed by atoms with van der Waals surface area (Å²) in [5.74, 6) is 1.36. The highest BCUT2D eigenvalue weighted by Crippen LogP contribution is 2.29. The number of morpholine rings is 1. The van der Waals surface area contributed by atoms with Crippen molar-refractivity contribution in [2.45, 2.75) is 6.42 Å². The Kier molecular flexibility index (Phi) is 6.97. The molecule has 0 saturated carbocycles. The molecule has 2 N–H and O–H groups in total. The molecule has 150 valence electrons. The summed E-state index contributed by atoms with van der Waals surface area (Å²) >= 11 is 0. The molecule has 0 unspecified atom stereocenters. The van der Waals surface area contributed by atoms with E-state index in [1.807, 2.05) is 36.4 Å². The van der Waals surface area contributed by atoms with Gasteiger partial charge in [0.25, 0.3) is 0 Å². The molecule has 0 aliphatic carbocycles. The van der Waals surface area contributed by atoms with Crippen molar-refractivity contribution in [3.05, 3.63) is 42.5 Å². The van der Waals surface area contributed by atoms with Crippen molar-refractivity contribution in [1.29, 1.82) is 0 Å². The van der Waals surface area contributed by atoms with Gasteiger partial charge < -0.3 is 29.7 Å². The number of benzene rings is 2. The lowest BCUT2D eigenvalue weighted by Gasteiger charge is -2.30. The van der Waals surface area contributed by atoms with Crippen molar-refractivity contribution in [3.8, 4) is 11.5 Å². The topological polar surface area (TPSA) is 72.1 Å². The Morgan fingerprint density at radius 2 is 1.86 bits per heavy atom. The van der Waals surface area contributed by atoms with Gasteiger partial charge in [-0.25, -0.2) is 0 Å². The molecule has 1 saturated heterocycles. The van der Waals surface area contributed by atoms with Crippen LogP contribution in [0.3, 0.4) is 0 Å². The number of hydrogen-bond donors (Lipinski definition) is 2. The first-order valence-electron chi connectivity index (χ1n) is 9.38. The molecule has 7 heteroatoms. The molecule has 2 aromatic rings.